The van der Waals surface area contributed by atoms with Gasteiger partial charge in [0.15, 0.2) is 11.5 Å². The van der Waals surface area contributed by atoms with Crippen molar-refractivity contribution in [1.29, 1.82) is 0 Å². The molecule has 2 aromatic rings. The van der Waals surface area contributed by atoms with Gasteiger partial charge in [-0.25, -0.2) is 0 Å². The van der Waals surface area contributed by atoms with Gasteiger partial charge in [0.25, 0.3) is 5.89 Å². The molecule has 0 spiro atoms. The van der Waals surface area contributed by atoms with E-state index in [1.54, 1.807) is 0 Å². The minimum Gasteiger partial charge on any atom is -0.486 e. The molecule has 1 atom stereocenters. The number of aliphatic hydroxyl groups excluding tert-OH is 1. The largest absolute Gasteiger partial charge is 0.486 e. The third kappa shape index (κ3) is 2.34. The molecule has 1 aliphatic heterocycles. The Morgan fingerprint density at radius 3 is 3.00 bits per heavy atom. The van der Waals surface area contributed by atoms with Gasteiger partial charge < -0.3 is 19.1 Å². The van der Waals surface area contributed by atoms with Crippen LogP contribution in [0.1, 0.15) is 31.7 Å². The van der Waals surface area contributed by atoms with E-state index in [9.17, 15) is 5.11 Å². The zero-order chi connectivity index (χ0) is 13.9. The minimum atomic E-state index is -0.700. The molecule has 1 aliphatic rings. The van der Waals surface area contributed by atoms with E-state index >= 15 is 0 Å². The Labute approximate surface area is 116 Å². The van der Waals surface area contributed by atoms with Crippen LogP contribution in [0.5, 0.6) is 11.5 Å². The van der Waals surface area contributed by atoms with E-state index in [1.165, 1.54) is 0 Å². The van der Waals surface area contributed by atoms with Crippen LogP contribution >= 0.6 is 0 Å². The van der Waals surface area contributed by atoms with E-state index in [0.717, 1.165) is 6.42 Å². The van der Waals surface area contributed by atoms with E-state index in [0.29, 0.717) is 48.4 Å². The maximum absolute atomic E-state index is 9.88. The minimum absolute atomic E-state index is 0.302. The Hall–Kier alpha value is -2.08. The molecule has 0 aliphatic carbocycles. The molecular weight excluding hydrogens is 260 g/mol. The molecule has 6 nitrogen and oxygen atoms in total. The van der Waals surface area contributed by atoms with Crippen LogP contribution in [0.15, 0.2) is 22.7 Å². The molecule has 106 valence electrons. The summed E-state index contributed by atoms with van der Waals surface area (Å²) in [6, 6.07) is 5.51. The van der Waals surface area contributed by atoms with Crippen molar-refractivity contribution in [3.8, 4) is 23.0 Å². The zero-order valence-electron chi connectivity index (χ0n) is 11.2. The van der Waals surface area contributed by atoms with E-state index in [-0.39, 0.29) is 0 Å². The first-order valence-electron chi connectivity index (χ1n) is 6.70. The lowest BCUT2D eigenvalue weighted by Gasteiger charge is -2.19. The molecule has 2 heterocycles. The number of hydrogen-bond acceptors (Lipinski definition) is 6. The van der Waals surface area contributed by atoms with Crippen molar-refractivity contribution in [2.45, 2.75) is 25.9 Å². The van der Waals surface area contributed by atoms with Crippen LogP contribution in [-0.2, 0) is 0 Å². The molecule has 1 aromatic heterocycles. The van der Waals surface area contributed by atoms with Crippen LogP contribution in [0.25, 0.3) is 11.5 Å². The van der Waals surface area contributed by atoms with Gasteiger partial charge in [-0.15, -0.1) is 0 Å². The number of fused-ring (bicyclic) bond motifs is 1. The van der Waals surface area contributed by atoms with Crippen molar-refractivity contribution in [1.82, 2.24) is 10.1 Å². The highest BCUT2D eigenvalue weighted by atomic mass is 16.6. The molecule has 0 saturated heterocycles. The van der Waals surface area contributed by atoms with Crippen LogP contribution in [0, 0.1) is 0 Å². The smallest absolute Gasteiger partial charge is 0.261 e. The predicted octanol–water partition coefficient (Wildman–Crippen LogP) is 2.34. The van der Waals surface area contributed by atoms with Gasteiger partial charge in [-0.1, -0.05) is 24.6 Å². The maximum atomic E-state index is 9.88. The number of nitrogens with zero attached hydrogens (tertiary/aromatic N) is 2. The van der Waals surface area contributed by atoms with Gasteiger partial charge in [0.1, 0.15) is 19.3 Å². The average Bonchev–Trinajstić information content (AvgIpc) is 2.97. The fourth-order valence-electron chi connectivity index (χ4n) is 2.12. The summed E-state index contributed by atoms with van der Waals surface area (Å²) in [4.78, 5) is 4.24. The highest BCUT2D eigenvalue weighted by Gasteiger charge is 2.22. The first kappa shape index (κ1) is 12.9. The third-order valence-corrected chi connectivity index (χ3v) is 3.10. The number of aliphatic hydroxyl groups is 1. The second-order valence-corrected chi connectivity index (χ2v) is 4.59. The molecule has 0 radical (unpaired) electrons. The van der Waals surface area contributed by atoms with Crippen molar-refractivity contribution < 1.29 is 19.1 Å². The Balaban J connectivity index is 1.94. The second kappa shape index (κ2) is 5.50. The van der Waals surface area contributed by atoms with Gasteiger partial charge in [0.2, 0.25) is 5.82 Å². The summed E-state index contributed by atoms with van der Waals surface area (Å²) < 4.78 is 16.4. The fourth-order valence-corrected chi connectivity index (χ4v) is 2.12. The molecular formula is C14H16N2O4. The Morgan fingerprint density at radius 1 is 1.30 bits per heavy atom. The van der Waals surface area contributed by atoms with Gasteiger partial charge in [0.05, 0.1) is 5.56 Å². The summed E-state index contributed by atoms with van der Waals surface area (Å²) in [5, 5.41) is 13.7. The molecule has 20 heavy (non-hydrogen) atoms. The lowest BCUT2D eigenvalue weighted by atomic mass is 10.1. The predicted molar refractivity (Wildman–Crippen MR) is 70.6 cm³/mol. The topological polar surface area (TPSA) is 77.6 Å². The second-order valence-electron chi connectivity index (χ2n) is 4.59. The molecule has 0 bridgehead atoms. The van der Waals surface area contributed by atoms with Crippen LogP contribution in [-0.4, -0.2) is 28.5 Å². The quantitative estimate of drug-likeness (QED) is 0.923. The van der Waals surface area contributed by atoms with Crippen molar-refractivity contribution in [2.75, 3.05) is 13.2 Å². The monoisotopic (exact) mass is 276 g/mol. The van der Waals surface area contributed by atoms with Crippen LogP contribution in [0.3, 0.4) is 0 Å². The molecule has 1 N–H and O–H groups in total. The Kier molecular flexibility index (Phi) is 3.56. The van der Waals surface area contributed by atoms with Gasteiger partial charge in [-0.05, 0) is 18.6 Å². The summed E-state index contributed by atoms with van der Waals surface area (Å²) in [6.07, 6.45) is 0.753. The van der Waals surface area contributed by atoms with Crippen molar-refractivity contribution in [3.05, 3.63) is 24.0 Å². The molecule has 1 aromatic carbocycles. The lowest BCUT2D eigenvalue weighted by Crippen LogP contribution is -2.15. The van der Waals surface area contributed by atoms with E-state index in [1.807, 2.05) is 25.1 Å². The normalized spacial score (nSPS) is 15.1. The summed E-state index contributed by atoms with van der Waals surface area (Å²) in [6.45, 7) is 3.01. The first-order chi connectivity index (χ1) is 9.79. The number of para-hydroxylation sites is 1. The molecule has 3 rings (SSSR count). The van der Waals surface area contributed by atoms with Crippen molar-refractivity contribution in [3.63, 3.8) is 0 Å². The Bertz CT molecular complexity index is 597. The number of aromatic nitrogens is 2. The van der Waals surface area contributed by atoms with Gasteiger partial charge >= 0.3 is 0 Å². The lowest BCUT2D eigenvalue weighted by molar-refractivity contribution is 0.153. The maximum Gasteiger partial charge on any atom is 0.261 e. The summed E-state index contributed by atoms with van der Waals surface area (Å²) in [5.74, 6) is 1.91. The zero-order valence-corrected chi connectivity index (χ0v) is 11.2. The molecule has 0 saturated carbocycles. The number of hydrogen-bond donors (Lipinski definition) is 1. The van der Waals surface area contributed by atoms with Gasteiger partial charge in [-0.2, -0.15) is 4.98 Å². The molecule has 0 amide bonds. The molecule has 1 unspecified atom stereocenters. The fraction of sp³-hybridized carbons (Fsp3) is 0.429. The summed E-state index contributed by atoms with van der Waals surface area (Å²) >= 11 is 0. The van der Waals surface area contributed by atoms with E-state index in [4.69, 9.17) is 14.0 Å². The number of rotatable bonds is 4. The van der Waals surface area contributed by atoms with Crippen LogP contribution < -0.4 is 9.47 Å². The van der Waals surface area contributed by atoms with Crippen LogP contribution in [0.4, 0.5) is 0 Å². The number of ether oxygens (including phenoxy) is 2. The molecule has 0 fully saturated rings. The molecule has 6 heteroatoms. The standard InChI is InChI=1S/C14H16N2O4/c1-2-4-10(17)13-15-14(20-16-13)9-5-3-6-11-12(9)19-8-7-18-11/h3,5-6,10,17H,2,4,7-8H2,1H3. The van der Waals surface area contributed by atoms with Gasteiger partial charge in [0, 0.05) is 0 Å². The van der Waals surface area contributed by atoms with E-state index in [2.05, 4.69) is 10.1 Å². The first-order valence-corrected chi connectivity index (χ1v) is 6.70. The third-order valence-electron chi connectivity index (χ3n) is 3.10. The number of benzene rings is 1. The van der Waals surface area contributed by atoms with Crippen molar-refractivity contribution in [2.24, 2.45) is 0 Å². The average molecular weight is 276 g/mol. The van der Waals surface area contributed by atoms with E-state index < -0.39 is 6.10 Å². The summed E-state index contributed by atoms with van der Waals surface area (Å²) in [7, 11) is 0. The van der Waals surface area contributed by atoms with Crippen LogP contribution in [0.2, 0.25) is 0 Å². The van der Waals surface area contributed by atoms with Crippen molar-refractivity contribution >= 4 is 0 Å². The Morgan fingerprint density at radius 2 is 2.15 bits per heavy atom. The highest BCUT2D eigenvalue weighted by Crippen LogP contribution is 2.39. The SMILES string of the molecule is CCCC(O)c1noc(-c2cccc3c2OCCO3)n1. The summed E-state index contributed by atoms with van der Waals surface area (Å²) in [5.41, 5.74) is 0.685. The van der Waals surface area contributed by atoms with Gasteiger partial charge in [-0.3, -0.25) is 0 Å². The highest BCUT2D eigenvalue weighted by molar-refractivity contribution is 5.67.